The molecule has 3 nitrogen and oxygen atoms in total. The SMILES string of the molecule is O=C([O-])[C@H]1C[C@@H]1C(=O)c1ccc(F)c(Cl)c1.[Na+]. The molecule has 1 aliphatic carbocycles. The van der Waals surface area contributed by atoms with Crippen LogP contribution >= 0.6 is 11.6 Å². The minimum absolute atomic E-state index is 0. The van der Waals surface area contributed by atoms with Crippen molar-refractivity contribution < 1.29 is 48.6 Å². The predicted octanol–water partition coefficient (Wildman–Crippen LogP) is -1.95. The number of carbonyl (C=O) groups excluding carboxylic acids is 2. The van der Waals surface area contributed by atoms with Crippen molar-refractivity contribution in [3.8, 4) is 0 Å². The standard InChI is InChI=1S/C11H8ClFO3.Na/c12-8-3-5(1-2-9(8)13)10(14)6-4-7(6)11(15)16;/h1-3,6-7H,4H2,(H,15,16);/q;+1/p-1/t6-,7-;/m0./s1. The third-order valence-corrected chi connectivity index (χ3v) is 2.92. The van der Waals surface area contributed by atoms with E-state index in [1.54, 1.807) is 0 Å². The number of rotatable bonds is 3. The maximum Gasteiger partial charge on any atom is 1.00 e. The van der Waals surface area contributed by atoms with Crippen LogP contribution in [0.2, 0.25) is 5.02 Å². The number of benzene rings is 1. The van der Waals surface area contributed by atoms with Crippen LogP contribution in [0.4, 0.5) is 4.39 Å². The maximum atomic E-state index is 12.8. The van der Waals surface area contributed by atoms with Gasteiger partial charge in [-0.25, -0.2) is 4.39 Å². The quantitative estimate of drug-likeness (QED) is 0.471. The Hall–Kier alpha value is -0.420. The number of hydrogen-bond acceptors (Lipinski definition) is 3. The zero-order valence-electron chi connectivity index (χ0n) is 9.07. The molecule has 0 bridgehead atoms. The molecule has 1 aliphatic rings. The van der Waals surface area contributed by atoms with Crippen molar-refractivity contribution in [3.63, 3.8) is 0 Å². The van der Waals surface area contributed by atoms with E-state index in [9.17, 15) is 19.1 Å². The molecule has 1 aromatic carbocycles. The Bertz CT molecular complexity index is 478. The molecule has 2 rings (SSSR count). The first kappa shape index (κ1) is 14.6. The van der Waals surface area contributed by atoms with Crippen LogP contribution in [0.3, 0.4) is 0 Å². The van der Waals surface area contributed by atoms with Crippen LogP contribution in [-0.4, -0.2) is 11.8 Å². The van der Waals surface area contributed by atoms with Gasteiger partial charge in [-0.15, -0.1) is 0 Å². The van der Waals surface area contributed by atoms with Gasteiger partial charge in [0.05, 0.1) is 5.02 Å². The molecule has 0 saturated heterocycles. The summed E-state index contributed by atoms with van der Waals surface area (Å²) in [5, 5.41) is 10.3. The molecule has 0 spiro atoms. The largest absolute Gasteiger partial charge is 1.00 e. The number of Topliss-reactive ketones (excluding diaryl/α,β-unsaturated/α-hetero) is 1. The fourth-order valence-electron chi connectivity index (χ4n) is 1.61. The smallest absolute Gasteiger partial charge is 0.550 e. The molecular formula is C11H7ClFNaO3. The van der Waals surface area contributed by atoms with E-state index in [-0.39, 0.29) is 52.3 Å². The third kappa shape index (κ3) is 3.07. The Kier molecular flexibility index (Phi) is 4.72. The summed E-state index contributed by atoms with van der Waals surface area (Å²) >= 11 is 5.53. The minimum Gasteiger partial charge on any atom is -0.550 e. The van der Waals surface area contributed by atoms with Gasteiger partial charge in [-0.1, -0.05) is 11.6 Å². The molecule has 1 aromatic rings. The first-order valence-corrected chi connectivity index (χ1v) is 5.08. The molecular weight excluding hydrogens is 258 g/mol. The molecule has 0 heterocycles. The van der Waals surface area contributed by atoms with E-state index in [0.717, 1.165) is 6.07 Å². The zero-order chi connectivity index (χ0) is 11.9. The average Bonchev–Trinajstić information content (AvgIpc) is 3.01. The van der Waals surface area contributed by atoms with Gasteiger partial charge < -0.3 is 9.90 Å². The summed E-state index contributed by atoms with van der Waals surface area (Å²) in [5.41, 5.74) is 0.236. The van der Waals surface area contributed by atoms with Crippen LogP contribution in [0.15, 0.2) is 18.2 Å². The van der Waals surface area contributed by atoms with Gasteiger partial charge in [-0.05, 0) is 24.6 Å². The van der Waals surface area contributed by atoms with Crippen molar-refractivity contribution in [2.24, 2.45) is 11.8 Å². The summed E-state index contributed by atoms with van der Waals surface area (Å²) in [4.78, 5) is 22.2. The van der Waals surface area contributed by atoms with Gasteiger partial charge in [0.1, 0.15) is 5.82 Å². The van der Waals surface area contributed by atoms with Crippen LogP contribution < -0.4 is 34.7 Å². The molecule has 6 heteroatoms. The second-order valence-electron chi connectivity index (χ2n) is 3.76. The molecule has 17 heavy (non-hydrogen) atoms. The first-order valence-electron chi connectivity index (χ1n) is 4.71. The van der Waals surface area contributed by atoms with Gasteiger partial charge in [0.25, 0.3) is 0 Å². The minimum atomic E-state index is -1.22. The Balaban J connectivity index is 0.00000144. The Morgan fingerprint density at radius 3 is 2.47 bits per heavy atom. The number of hydrogen-bond donors (Lipinski definition) is 0. The van der Waals surface area contributed by atoms with E-state index in [0.29, 0.717) is 0 Å². The average molecular weight is 265 g/mol. The molecule has 1 fully saturated rings. The van der Waals surface area contributed by atoms with Crippen LogP contribution in [0.25, 0.3) is 0 Å². The van der Waals surface area contributed by atoms with Gasteiger partial charge in [0.15, 0.2) is 5.78 Å². The van der Waals surface area contributed by atoms with Gasteiger partial charge >= 0.3 is 29.6 Å². The third-order valence-electron chi connectivity index (χ3n) is 2.63. The normalized spacial score (nSPS) is 21.5. The molecule has 0 aliphatic heterocycles. The van der Waals surface area contributed by atoms with Crippen molar-refractivity contribution >= 4 is 23.4 Å². The summed E-state index contributed by atoms with van der Waals surface area (Å²) in [5.74, 6) is -3.41. The number of carboxylic acid groups (broad SMARTS) is 1. The fourth-order valence-corrected chi connectivity index (χ4v) is 1.79. The van der Waals surface area contributed by atoms with Crippen LogP contribution in [0.1, 0.15) is 16.8 Å². The second kappa shape index (κ2) is 5.48. The summed E-state index contributed by atoms with van der Waals surface area (Å²) < 4.78 is 12.8. The van der Waals surface area contributed by atoms with E-state index in [2.05, 4.69) is 0 Å². The first-order chi connectivity index (χ1) is 7.50. The van der Waals surface area contributed by atoms with E-state index in [1.165, 1.54) is 12.1 Å². The van der Waals surface area contributed by atoms with Gasteiger partial charge in [-0.2, -0.15) is 0 Å². The van der Waals surface area contributed by atoms with Gasteiger partial charge in [0, 0.05) is 23.4 Å². The monoisotopic (exact) mass is 264 g/mol. The number of halogens is 2. The van der Waals surface area contributed by atoms with Crippen molar-refractivity contribution in [3.05, 3.63) is 34.6 Å². The molecule has 84 valence electrons. The molecule has 0 amide bonds. The fraction of sp³-hybridized carbons (Fsp3) is 0.273. The van der Waals surface area contributed by atoms with Crippen molar-refractivity contribution in [2.75, 3.05) is 0 Å². The molecule has 0 N–H and O–H groups in total. The number of carboxylic acids is 1. The van der Waals surface area contributed by atoms with Crippen molar-refractivity contribution in [2.45, 2.75) is 6.42 Å². The Morgan fingerprint density at radius 2 is 2.00 bits per heavy atom. The topological polar surface area (TPSA) is 57.2 Å². The summed E-state index contributed by atoms with van der Waals surface area (Å²) in [7, 11) is 0. The Labute approximate surface area is 124 Å². The van der Waals surface area contributed by atoms with Gasteiger partial charge in [-0.3, -0.25) is 4.79 Å². The van der Waals surface area contributed by atoms with Crippen LogP contribution in [-0.2, 0) is 4.79 Å². The van der Waals surface area contributed by atoms with E-state index in [1.807, 2.05) is 0 Å². The Morgan fingerprint density at radius 1 is 1.35 bits per heavy atom. The summed E-state index contributed by atoms with van der Waals surface area (Å²) in [6, 6.07) is 3.60. The van der Waals surface area contributed by atoms with Gasteiger partial charge in [0.2, 0.25) is 0 Å². The molecule has 0 radical (unpaired) electrons. The second-order valence-corrected chi connectivity index (χ2v) is 4.17. The molecule has 2 atom stereocenters. The van der Waals surface area contributed by atoms with E-state index < -0.39 is 23.6 Å². The predicted molar refractivity (Wildman–Crippen MR) is 52.3 cm³/mol. The number of ketones is 1. The van der Waals surface area contributed by atoms with Crippen LogP contribution in [0.5, 0.6) is 0 Å². The summed E-state index contributed by atoms with van der Waals surface area (Å²) in [6.07, 6.45) is 0.288. The number of aliphatic carboxylic acids is 1. The molecule has 0 aromatic heterocycles. The van der Waals surface area contributed by atoms with E-state index in [4.69, 9.17) is 11.6 Å². The molecule has 1 saturated carbocycles. The molecule has 0 unspecified atom stereocenters. The number of carbonyl (C=O) groups is 2. The maximum absolute atomic E-state index is 12.8. The summed E-state index contributed by atoms with van der Waals surface area (Å²) in [6.45, 7) is 0. The van der Waals surface area contributed by atoms with Crippen molar-refractivity contribution in [1.29, 1.82) is 0 Å². The van der Waals surface area contributed by atoms with Crippen LogP contribution in [0, 0.1) is 17.7 Å². The van der Waals surface area contributed by atoms with Crippen molar-refractivity contribution in [1.82, 2.24) is 0 Å². The van der Waals surface area contributed by atoms with E-state index >= 15 is 0 Å². The zero-order valence-corrected chi connectivity index (χ0v) is 11.8.